The van der Waals surface area contributed by atoms with Crippen molar-refractivity contribution in [1.29, 1.82) is 0 Å². The zero-order valence-electron chi connectivity index (χ0n) is 10.7. The summed E-state index contributed by atoms with van der Waals surface area (Å²) in [5.74, 6) is 0. The molecule has 2 amide bonds. The average Bonchev–Trinajstić information content (AvgIpc) is 3.11. The normalized spacial score (nSPS) is 33.2. The first kappa shape index (κ1) is 14.5. The number of aliphatic hydroxyl groups is 1. The van der Waals surface area contributed by atoms with Gasteiger partial charge in [0.1, 0.15) is 17.4 Å². The third kappa shape index (κ3) is 2.67. The summed E-state index contributed by atoms with van der Waals surface area (Å²) in [5, 5.41) is 10.9. The molecule has 3 atom stereocenters. The average molecular weight is 322 g/mol. The van der Waals surface area contributed by atoms with Gasteiger partial charge in [0.05, 0.1) is 12.7 Å². The molecule has 3 heterocycles. The van der Waals surface area contributed by atoms with Crippen molar-refractivity contribution in [2.24, 2.45) is 0 Å². The van der Waals surface area contributed by atoms with Gasteiger partial charge in [0.15, 0.2) is 0 Å². The molecule has 0 aromatic carbocycles. The van der Waals surface area contributed by atoms with Gasteiger partial charge in [-0.3, -0.25) is 4.90 Å². The molecular formula is C10H15N2O6PS. The molecule has 0 aromatic rings. The summed E-state index contributed by atoms with van der Waals surface area (Å²) in [6.45, 7) is 2.32. The molecule has 8 nitrogen and oxygen atoms in total. The molecule has 0 unspecified atom stereocenters. The first-order valence-electron chi connectivity index (χ1n) is 6.10. The molecule has 10 heteroatoms. The molecule has 3 rings (SSSR count). The maximum absolute atomic E-state index is 12.1. The van der Waals surface area contributed by atoms with Crippen LogP contribution in [0.25, 0.3) is 0 Å². The number of carbonyl (C=O) groups excluding carboxylic acids is 1. The largest absolute Gasteiger partial charge is 0.390 e. The van der Waals surface area contributed by atoms with E-state index in [2.05, 4.69) is 4.52 Å². The summed E-state index contributed by atoms with van der Waals surface area (Å²) in [6.07, 6.45) is -1.69. The maximum atomic E-state index is 12.1. The number of hydrogen-bond donors (Lipinski definition) is 3. The second-order valence-corrected chi connectivity index (χ2v) is 6.56. The highest BCUT2D eigenvalue weighted by atomic mass is 32.2. The lowest BCUT2D eigenvalue weighted by Crippen LogP contribution is -2.45. The van der Waals surface area contributed by atoms with Crippen LogP contribution in [0.15, 0.2) is 10.6 Å². The Hall–Kier alpha value is -0.410. The summed E-state index contributed by atoms with van der Waals surface area (Å²) in [6, 6.07) is -0.138. The van der Waals surface area contributed by atoms with Crippen molar-refractivity contribution in [3.8, 4) is 0 Å². The molecule has 3 N–H and O–H groups in total. The molecule has 0 aliphatic carbocycles. The van der Waals surface area contributed by atoms with Crippen molar-refractivity contribution in [1.82, 2.24) is 9.21 Å². The molecule has 112 valence electrons. The summed E-state index contributed by atoms with van der Waals surface area (Å²) < 4.78 is 11.9. The van der Waals surface area contributed by atoms with Gasteiger partial charge in [-0.1, -0.05) is 0 Å². The van der Waals surface area contributed by atoms with Crippen LogP contribution in [0.4, 0.5) is 4.79 Å². The lowest BCUT2D eigenvalue weighted by molar-refractivity contribution is -0.0609. The molecule has 2 saturated heterocycles. The summed E-state index contributed by atoms with van der Waals surface area (Å²) >= 11 is 1.41. The molecule has 3 aliphatic rings. The fraction of sp³-hybridized carbons (Fsp3) is 0.700. The Labute approximate surface area is 121 Å². The minimum Gasteiger partial charge on any atom is -0.390 e. The van der Waals surface area contributed by atoms with Crippen molar-refractivity contribution in [3.05, 3.63) is 10.6 Å². The number of rotatable bonds is 4. The summed E-state index contributed by atoms with van der Waals surface area (Å²) in [4.78, 5) is 31.1. The minimum atomic E-state index is -2.47. The predicted molar refractivity (Wildman–Crippen MR) is 70.8 cm³/mol. The van der Waals surface area contributed by atoms with Crippen LogP contribution >= 0.6 is 20.6 Å². The van der Waals surface area contributed by atoms with Gasteiger partial charge in [0.25, 0.3) is 0 Å². The smallest absolute Gasteiger partial charge is 0.337 e. The van der Waals surface area contributed by atoms with E-state index in [0.717, 1.165) is 10.6 Å². The van der Waals surface area contributed by atoms with Crippen molar-refractivity contribution < 1.29 is 28.9 Å². The molecule has 0 bridgehead atoms. The van der Waals surface area contributed by atoms with E-state index >= 15 is 0 Å². The molecule has 2 fully saturated rings. The number of nitrogens with zero attached hydrogens (tertiary/aromatic N) is 2. The minimum absolute atomic E-state index is 0.114. The van der Waals surface area contributed by atoms with Crippen LogP contribution in [-0.2, 0) is 9.26 Å². The Kier molecular flexibility index (Phi) is 3.93. The van der Waals surface area contributed by atoms with Crippen LogP contribution in [0.1, 0.15) is 13.3 Å². The lowest BCUT2D eigenvalue weighted by atomic mass is 10.1. The molecule has 20 heavy (non-hydrogen) atoms. The van der Waals surface area contributed by atoms with E-state index in [1.54, 1.807) is 9.21 Å². The van der Waals surface area contributed by atoms with Gasteiger partial charge in [0.2, 0.25) is 0 Å². The second-order valence-electron chi connectivity index (χ2n) is 4.86. The van der Waals surface area contributed by atoms with Crippen molar-refractivity contribution in [3.63, 3.8) is 0 Å². The van der Waals surface area contributed by atoms with E-state index < -0.39 is 27.0 Å². The topological polar surface area (TPSA) is 102 Å². The molecule has 0 radical (unpaired) electrons. The quantitative estimate of drug-likeness (QED) is 0.389. The van der Waals surface area contributed by atoms with Gasteiger partial charge < -0.3 is 24.2 Å². The van der Waals surface area contributed by atoms with Gasteiger partial charge in [-0.05, 0) is 12.5 Å². The zero-order valence-corrected chi connectivity index (χ0v) is 12.4. The van der Waals surface area contributed by atoms with E-state index in [0.29, 0.717) is 6.54 Å². The van der Waals surface area contributed by atoms with E-state index in [9.17, 15) is 9.90 Å². The highest BCUT2D eigenvalue weighted by Gasteiger charge is 2.48. The second kappa shape index (κ2) is 5.42. The van der Waals surface area contributed by atoms with Crippen LogP contribution in [0.2, 0.25) is 0 Å². The standard InChI is InChI=1S/C10H15N2O6PS/c1-5-3-11(10(14)12-9(5)20-12)8-2-6(13)7(18-8)4-17-19(15)16/h6-8,13,15-16H,2-4H2,1H3/t6-,7+,8+,12?/m0/s1. The highest BCUT2D eigenvalue weighted by molar-refractivity contribution is 8.08. The Morgan fingerprint density at radius 2 is 2.30 bits per heavy atom. The number of carbonyl (C=O) groups is 1. The van der Waals surface area contributed by atoms with Crippen molar-refractivity contribution in [2.75, 3.05) is 13.2 Å². The van der Waals surface area contributed by atoms with Gasteiger partial charge in [-0.15, -0.1) is 0 Å². The number of hydrogen-bond acceptors (Lipinski definition) is 7. The number of amides is 2. The van der Waals surface area contributed by atoms with Gasteiger partial charge in [-0.2, -0.15) is 0 Å². The lowest BCUT2D eigenvalue weighted by Gasteiger charge is -2.30. The fourth-order valence-corrected chi connectivity index (χ4v) is 3.42. The number of aliphatic hydroxyl groups excluding tert-OH is 1. The predicted octanol–water partition coefficient (Wildman–Crippen LogP) is 0.321. The summed E-state index contributed by atoms with van der Waals surface area (Å²) in [5.41, 5.74) is 1.10. The van der Waals surface area contributed by atoms with E-state index in [-0.39, 0.29) is 19.1 Å². The first-order chi connectivity index (χ1) is 9.47. The Morgan fingerprint density at radius 1 is 1.55 bits per heavy atom. The molecule has 3 aliphatic heterocycles. The van der Waals surface area contributed by atoms with E-state index in [1.165, 1.54) is 11.9 Å². The number of fused-ring (bicyclic) bond motifs is 1. The number of ether oxygens (including phenoxy) is 1. The van der Waals surface area contributed by atoms with Gasteiger partial charge in [0, 0.05) is 24.9 Å². The van der Waals surface area contributed by atoms with E-state index in [1.807, 2.05) is 6.92 Å². The third-order valence-electron chi connectivity index (χ3n) is 3.43. The SMILES string of the molecule is CC1=C2SN2C(=O)N([C@H]2C[C@H](O)[C@@H](COP(O)O)O2)C1. The monoisotopic (exact) mass is 322 g/mol. The first-order valence-corrected chi connectivity index (χ1v) is 8.04. The van der Waals surface area contributed by atoms with Gasteiger partial charge >= 0.3 is 14.6 Å². The highest BCUT2D eigenvalue weighted by Crippen LogP contribution is 2.50. The third-order valence-corrected chi connectivity index (χ3v) is 4.86. The van der Waals surface area contributed by atoms with Gasteiger partial charge in [-0.25, -0.2) is 9.10 Å². The maximum Gasteiger partial charge on any atom is 0.337 e. The van der Waals surface area contributed by atoms with Crippen LogP contribution < -0.4 is 0 Å². The van der Waals surface area contributed by atoms with Crippen molar-refractivity contribution >= 4 is 26.6 Å². The van der Waals surface area contributed by atoms with Crippen LogP contribution in [0, 0.1) is 0 Å². The van der Waals surface area contributed by atoms with Crippen LogP contribution in [0.5, 0.6) is 0 Å². The molecular weight excluding hydrogens is 307 g/mol. The molecule has 0 aromatic heterocycles. The molecule has 0 spiro atoms. The Balaban J connectivity index is 1.62. The summed E-state index contributed by atoms with van der Waals surface area (Å²) in [7, 11) is -2.47. The van der Waals surface area contributed by atoms with E-state index in [4.69, 9.17) is 14.5 Å². The zero-order chi connectivity index (χ0) is 14.4. The van der Waals surface area contributed by atoms with Crippen LogP contribution in [0.3, 0.4) is 0 Å². The number of urea groups is 1. The Bertz CT molecular complexity index is 461. The van der Waals surface area contributed by atoms with Crippen molar-refractivity contribution in [2.45, 2.75) is 31.8 Å². The molecule has 0 saturated carbocycles. The Morgan fingerprint density at radius 3 is 3.00 bits per heavy atom. The van der Waals surface area contributed by atoms with Crippen LogP contribution in [-0.4, -0.2) is 61.7 Å². The fourth-order valence-electron chi connectivity index (χ4n) is 2.37.